The molecule has 0 heterocycles. The van der Waals surface area contributed by atoms with Crippen LogP contribution in [-0.4, -0.2) is 25.2 Å². The molecule has 0 aliphatic rings. The van der Waals surface area contributed by atoms with E-state index in [1.807, 2.05) is 0 Å². The van der Waals surface area contributed by atoms with Crippen molar-refractivity contribution in [2.24, 2.45) is 4.99 Å². The number of phenols is 1. The number of phenolic OH excluding ortho intramolecular Hbond substituents is 1. The van der Waals surface area contributed by atoms with Crippen molar-refractivity contribution in [1.82, 2.24) is 10.6 Å². The first-order chi connectivity index (χ1) is 12.7. The normalized spacial score (nSPS) is 13.2. The molecule has 2 aromatic carbocycles. The summed E-state index contributed by atoms with van der Waals surface area (Å²) in [5, 5.41) is 16.0. The Morgan fingerprint density at radius 3 is 2.59 bits per heavy atom. The van der Waals surface area contributed by atoms with E-state index < -0.39 is 17.8 Å². The number of nitrogens with zero attached hydrogens (tertiary/aromatic N) is 1. The van der Waals surface area contributed by atoms with Crippen LogP contribution in [0, 0.1) is 0 Å². The Kier molecular flexibility index (Phi) is 6.55. The molecule has 0 spiro atoms. The molecule has 1 atom stereocenters. The predicted octanol–water partition coefficient (Wildman–Crippen LogP) is 3.85. The molecule has 146 valence electrons. The number of aromatic hydroxyl groups is 1. The molecule has 27 heavy (non-hydrogen) atoms. The van der Waals surface area contributed by atoms with Crippen LogP contribution >= 0.6 is 0 Å². The van der Waals surface area contributed by atoms with Crippen molar-refractivity contribution < 1.29 is 23.0 Å². The Hall–Kier alpha value is -2.90. The van der Waals surface area contributed by atoms with Gasteiger partial charge in [-0.25, -0.2) is 0 Å². The minimum absolute atomic E-state index is 0.102. The fraction of sp³-hybridized carbons (Fsp3) is 0.316. The van der Waals surface area contributed by atoms with Gasteiger partial charge in [-0.05, 0) is 42.8 Å². The quantitative estimate of drug-likeness (QED) is 0.544. The number of guanidine groups is 1. The summed E-state index contributed by atoms with van der Waals surface area (Å²) in [6, 6.07) is 9.59. The zero-order chi connectivity index (χ0) is 20.0. The van der Waals surface area contributed by atoms with Crippen LogP contribution in [0.2, 0.25) is 0 Å². The summed E-state index contributed by atoms with van der Waals surface area (Å²) in [5.41, 5.74) is 0.388. The molecule has 0 aliphatic carbocycles. The first-order valence-corrected chi connectivity index (χ1v) is 8.24. The van der Waals surface area contributed by atoms with Gasteiger partial charge in [0.2, 0.25) is 0 Å². The Bertz CT molecular complexity index is 807. The van der Waals surface area contributed by atoms with Gasteiger partial charge in [0.25, 0.3) is 0 Å². The number of ether oxygens (including phenoxy) is 1. The van der Waals surface area contributed by atoms with Crippen LogP contribution in [0.25, 0.3) is 0 Å². The molecule has 0 saturated carbocycles. The lowest BCUT2D eigenvalue weighted by Gasteiger charge is -2.19. The van der Waals surface area contributed by atoms with Crippen LogP contribution < -0.4 is 15.4 Å². The summed E-state index contributed by atoms with van der Waals surface area (Å²) in [5.74, 6) is 1.09. The van der Waals surface area contributed by atoms with E-state index in [1.54, 1.807) is 32.2 Å². The Balaban J connectivity index is 2.05. The van der Waals surface area contributed by atoms with Gasteiger partial charge < -0.3 is 20.5 Å². The zero-order valence-corrected chi connectivity index (χ0v) is 15.3. The molecular weight excluding hydrogens is 359 g/mol. The standard InChI is InChI=1S/C19H22F3N3O2/c1-12(13-5-4-6-15(9-13)19(20,21)22)25-18(23-2)24-11-14-10-16(27-3)7-8-17(14)26/h4-10,12,26H,11H2,1-3H3,(H2,23,24,25). The molecule has 0 saturated heterocycles. The van der Waals surface area contributed by atoms with Crippen LogP contribution in [-0.2, 0) is 12.7 Å². The van der Waals surface area contributed by atoms with Crippen LogP contribution in [0.1, 0.15) is 29.7 Å². The van der Waals surface area contributed by atoms with Crippen molar-refractivity contribution in [3.63, 3.8) is 0 Å². The molecule has 2 rings (SSSR count). The molecule has 0 aromatic heterocycles. The third-order valence-electron chi connectivity index (χ3n) is 4.02. The molecule has 3 N–H and O–H groups in total. The molecule has 0 radical (unpaired) electrons. The number of hydrogen-bond donors (Lipinski definition) is 3. The maximum absolute atomic E-state index is 12.9. The molecule has 0 bridgehead atoms. The number of alkyl halides is 3. The highest BCUT2D eigenvalue weighted by molar-refractivity contribution is 5.80. The van der Waals surface area contributed by atoms with E-state index in [4.69, 9.17) is 4.74 Å². The minimum Gasteiger partial charge on any atom is -0.508 e. The van der Waals surface area contributed by atoms with Crippen LogP contribution in [0.4, 0.5) is 13.2 Å². The van der Waals surface area contributed by atoms with Gasteiger partial charge >= 0.3 is 6.18 Å². The molecule has 2 aromatic rings. The third-order valence-corrected chi connectivity index (χ3v) is 4.02. The lowest BCUT2D eigenvalue weighted by Crippen LogP contribution is -2.38. The second-order valence-electron chi connectivity index (χ2n) is 5.91. The van der Waals surface area contributed by atoms with Gasteiger partial charge in [0.15, 0.2) is 5.96 Å². The molecule has 1 unspecified atom stereocenters. The molecule has 0 fully saturated rings. The smallest absolute Gasteiger partial charge is 0.416 e. The second-order valence-corrected chi connectivity index (χ2v) is 5.91. The van der Waals surface area contributed by atoms with Crippen molar-refractivity contribution >= 4 is 5.96 Å². The second kappa shape index (κ2) is 8.66. The summed E-state index contributed by atoms with van der Waals surface area (Å²) >= 11 is 0. The molecule has 0 aliphatic heterocycles. The van der Waals surface area contributed by atoms with Gasteiger partial charge in [-0.2, -0.15) is 13.2 Å². The van der Waals surface area contributed by atoms with Crippen LogP contribution in [0.3, 0.4) is 0 Å². The van der Waals surface area contributed by atoms with Gasteiger partial charge in [-0.1, -0.05) is 12.1 Å². The van der Waals surface area contributed by atoms with Crippen molar-refractivity contribution in [1.29, 1.82) is 0 Å². The van der Waals surface area contributed by atoms with Crippen LogP contribution in [0.5, 0.6) is 11.5 Å². The number of rotatable bonds is 5. The maximum Gasteiger partial charge on any atom is 0.416 e. The number of hydrogen-bond acceptors (Lipinski definition) is 3. The molecule has 5 nitrogen and oxygen atoms in total. The summed E-state index contributed by atoms with van der Waals surface area (Å²) in [6.07, 6.45) is -4.39. The number of aliphatic imine (C=N–C) groups is 1. The Morgan fingerprint density at radius 2 is 1.96 bits per heavy atom. The van der Waals surface area contributed by atoms with E-state index in [1.165, 1.54) is 19.2 Å². The monoisotopic (exact) mass is 381 g/mol. The van der Waals surface area contributed by atoms with Crippen molar-refractivity contribution in [3.05, 3.63) is 59.2 Å². The predicted molar refractivity (Wildman–Crippen MR) is 97.9 cm³/mol. The fourth-order valence-electron chi connectivity index (χ4n) is 2.48. The number of benzene rings is 2. The lowest BCUT2D eigenvalue weighted by molar-refractivity contribution is -0.137. The van der Waals surface area contributed by atoms with Crippen molar-refractivity contribution in [3.8, 4) is 11.5 Å². The first-order valence-electron chi connectivity index (χ1n) is 8.24. The highest BCUT2D eigenvalue weighted by Crippen LogP contribution is 2.30. The summed E-state index contributed by atoms with van der Waals surface area (Å²) in [4.78, 5) is 4.07. The Morgan fingerprint density at radius 1 is 1.22 bits per heavy atom. The van der Waals surface area contributed by atoms with Crippen molar-refractivity contribution in [2.45, 2.75) is 25.7 Å². The highest BCUT2D eigenvalue weighted by atomic mass is 19.4. The van der Waals surface area contributed by atoms with Gasteiger partial charge in [0.1, 0.15) is 11.5 Å². The first kappa shape index (κ1) is 20.4. The molecular formula is C19H22F3N3O2. The molecule has 0 amide bonds. The van der Waals surface area contributed by atoms with E-state index >= 15 is 0 Å². The number of methoxy groups -OCH3 is 1. The number of halogens is 3. The van der Waals surface area contributed by atoms with Crippen LogP contribution in [0.15, 0.2) is 47.5 Å². The lowest BCUT2D eigenvalue weighted by atomic mass is 10.1. The summed E-state index contributed by atoms with van der Waals surface area (Å²) in [7, 11) is 3.08. The maximum atomic E-state index is 12.9. The van der Waals surface area contributed by atoms with E-state index in [2.05, 4.69) is 15.6 Å². The zero-order valence-electron chi connectivity index (χ0n) is 15.3. The van der Waals surface area contributed by atoms with Gasteiger partial charge in [-0.15, -0.1) is 0 Å². The third kappa shape index (κ3) is 5.54. The van der Waals surface area contributed by atoms with E-state index in [9.17, 15) is 18.3 Å². The van der Waals surface area contributed by atoms with E-state index in [0.717, 1.165) is 12.1 Å². The topological polar surface area (TPSA) is 65.9 Å². The van der Waals surface area contributed by atoms with E-state index in [-0.39, 0.29) is 12.3 Å². The van der Waals surface area contributed by atoms with Gasteiger partial charge in [-0.3, -0.25) is 4.99 Å². The van der Waals surface area contributed by atoms with Gasteiger partial charge in [0.05, 0.1) is 18.7 Å². The Labute approximate surface area is 155 Å². The highest BCUT2D eigenvalue weighted by Gasteiger charge is 2.30. The molecule has 8 heteroatoms. The fourth-order valence-corrected chi connectivity index (χ4v) is 2.48. The average Bonchev–Trinajstić information content (AvgIpc) is 2.65. The SMILES string of the molecule is CN=C(NCc1cc(OC)ccc1O)NC(C)c1cccc(C(F)(F)F)c1. The number of nitrogens with one attached hydrogen (secondary N) is 2. The minimum atomic E-state index is -4.39. The summed E-state index contributed by atoms with van der Waals surface area (Å²) < 4.78 is 43.8. The van der Waals surface area contributed by atoms with Crippen molar-refractivity contribution in [2.75, 3.05) is 14.2 Å². The van der Waals surface area contributed by atoms with Gasteiger partial charge in [0, 0.05) is 19.2 Å². The average molecular weight is 381 g/mol. The van der Waals surface area contributed by atoms with E-state index in [0.29, 0.717) is 22.8 Å². The summed E-state index contributed by atoms with van der Waals surface area (Å²) in [6.45, 7) is 2.00. The largest absolute Gasteiger partial charge is 0.508 e.